The number of aliphatic hydroxyl groups excluding tert-OH is 1. The van der Waals surface area contributed by atoms with Gasteiger partial charge in [0.05, 0.1) is 30.4 Å². The van der Waals surface area contributed by atoms with Gasteiger partial charge in [-0.15, -0.1) is 0 Å². The van der Waals surface area contributed by atoms with E-state index in [-0.39, 0.29) is 48.5 Å². The SMILES string of the molecule is C[C@H](CO)N1C[C@H](C)[C@@H](CN(C)C(=O)C2CCCCC2)OCCCC[C@H](C)Oc2ccc(N(C)C)cc2C1=O. The molecule has 220 valence electrons. The Kier molecular flexibility index (Phi) is 11.9. The molecule has 2 amide bonds. The molecule has 0 spiro atoms. The highest BCUT2D eigenvalue weighted by molar-refractivity contribution is 5.98. The highest BCUT2D eigenvalue weighted by Crippen LogP contribution is 2.30. The van der Waals surface area contributed by atoms with Crippen LogP contribution in [0, 0.1) is 11.8 Å². The van der Waals surface area contributed by atoms with Gasteiger partial charge in [0.1, 0.15) is 5.75 Å². The number of hydrogen-bond acceptors (Lipinski definition) is 6. The summed E-state index contributed by atoms with van der Waals surface area (Å²) in [7, 11) is 5.78. The first kappa shape index (κ1) is 31.2. The zero-order chi connectivity index (χ0) is 28.5. The third kappa shape index (κ3) is 8.58. The van der Waals surface area contributed by atoms with Crippen LogP contribution >= 0.6 is 0 Å². The number of aliphatic hydroxyl groups is 1. The predicted molar refractivity (Wildman–Crippen MR) is 155 cm³/mol. The molecular formula is C31H51N3O5. The van der Waals surface area contributed by atoms with Crippen LogP contribution in [0.15, 0.2) is 18.2 Å². The fourth-order valence-electron chi connectivity index (χ4n) is 5.67. The number of fused-ring (bicyclic) bond motifs is 1. The Morgan fingerprint density at radius 2 is 1.77 bits per heavy atom. The summed E-state index contributed by atoms with van der Waals surface area (Å²) in [6, 6.07) is 5.34. The van der Waals surface area contributed by atoms with Gasteiger partial charge in [-0.1, -0.05) is 26.2 Å². The fourth-order valence-corrected chi connectivity index (χ4v) is 5.67. The van der Waals surface area contributed by atoms with Gasteiger partial charge in [-0.2, -0.15) is 0 Å². The summed E-state index contributed by atoms with van der Waals surface area (Å²) < 4.78 is 12.7. The number of amides is 2. The zero-order valence-electron chi connectivity index (χ0n) is 25.0. The Balaban J connectivity index is 1.89. The van der Waals surface area contributed by atoms with Crippen LogP contribution in [-0.4, -0.2) is 92.4 Å². The standard InChI is InChI=1S/C31H51N3O5/c1-22-19-34(23(2)21-35)31(37)27-18-26(32(4)5)15-16-28(27)39-24(3)12-10-11-17-38-29(22)20-33(6)30(36)25-13-8-7-9-14-25/h15-16,18,22-25,29,35H,7-14,17,19-21H2,1-6H3/t22-,23+,24-,29+/m0/s1. The lowest BCUT2D eigenvalue weighted by Crippen LogP contribution is -2.48. The minimum Gasteiger partial charge on any atom is -0.490 e. The van der Waals surface area contributed by atoms with E-state index >= 15 is 0 Å². The molecular weight excluding hydrogens is 494 g/mol. The molecule has 39 heavy (non-hydrogen) atoms. The van der Waals surface area contributed by atoms with Crippen molar-refractivity contribution in [1.29, 1.82) is 0 Å². The van der Waals surface area contributed by atoms with E-state index in [1.165, 1.54) is 6.42 Å². The molecule has 2 aliphatic rings. The van der Waals surface area contributed by atoms with Gasteiger partial charge < -0.3 is 29.3 Å². The molecule has 1 N–H and O–H groups in total. The van der Waals surface area contributed by atoms with Gasteiger partial charge in [0.25, 0.3) is 5.91 Å². The maximum absolute atomic E-state index is 14.1. The van der Waals surface area contributed by atoms with Gasteiger partial charge in [0, 0.05) is 58.4 Å². The monoisotopic (exact) mass is 545 g/mol. The maximum Gasteiger partial charge on any atom is 0.258 e. The Morgan fingerprint density at radius 3 is 2.44 bits per heavy atom. The number of carbonyl (C=O) groups is 2. The lowest BCUT2D eigenvalue weighted by Gasteiger charge is -2.36. The molecule has 1 aromatic rings. The van der Waals surface area contributed by atoms with Crippen LogP contribution in [0.1, 0.15) is 82.5 Å². The number of anilines is 1. The van der Waals surface area contributed by atoms with Crippen molar-refractivity contribution < 1.29 is 24.2 Å². The van der Waals surface area contributed by atoms with Gasteiger partial charge in [0.15, 0.2) is 0 Å². The predicted octanol–water partition coefficient (Wildman–Crippen LogP) is 4.59. The first-order valence-corrected chi connectivity index (χ1v) is 14.9. The molecule has 0 radical (unpaired) electrons. The van der Waals surface area contributed by atoms with Crippen LogP contribution in [-0.2, 0) is 9.53 Å². The average molecular weight is 546 g/mol. The van der Waals surface area contributed by atoms with Gasteiger partial charge in [0.2, 0.25) is 5.91 Å². The van der Waals surface area contributed by atoms with E-state index in [1.54, 1.807) is 4.90 Å². The Labute approximate surface area is 235 Å². The number of ether oxygens (including phenoxy) is 2. The Hall–Kier alpha value is -2.32. The smallest absolute Gasteiger partial charge is 0.258 e. The summed E-state index contributed by atoms with van der Waals surface area (Å²) >= 11 is 0. The van der Waals surface area contributed by atoms with Crippen LogP contribution in [0.4, 0.5) is 5.69 Å². The highest BCUT2D eigenvalue weighted by Gasteiger charge is 2.32. The maximum atomic E-state index is 14.1. The normalized spacial score (nSPS) is 24.7. The fraction of sp³-hybridized carbons (Fsp3) is 0.742. The number of rotatable bonds is 6. The van der Waals surface area contributed by atoms with Crippen molar-refractivity contribution in [3.05, 3.63) is 23.8 Å². The summed E-state index contributed by atoms with van der Waals surface area (Å²) in [5.41, 5.74) is 1.41. The van der Waals surface area contributed by atoms with Crippen molar-refractivity contribution in [3.8, 4) is 5.75 Å². The number of likely N-dealkylation sites (N-methyl/N-ethyl adjacent to an activating group) is 1. The van der Waals surface area contributed by atoms with E-state index in [9.17, 15) is 14.7 Å². The molecule has 1 heterocycles. The summed E-state index contributed by atoms with van der Waals surface area (Å²) in [6.07, 6.45) is 7.83. The molecule has 0 aromatic heterocycles. The molecule has 1 aliphatic carbocycles. The second-order valence-corrected chi connectivity index (χ2v) is 11.9. The van der Waals surface area contributed by atoms with Crippen LogP contribution in [0.5, 0.6) is 5.75 Å². The van der Waals surface area contributed by atoms with E-state index in [1.807, 2.05) is 63.0 Å². The molecule has 0 bridgehead atoms. The first-order valence-electron chi connectivity index (χ1n) is 14.9. The van der Waals surface area contributed by atoms with E-state index in [4.69, 9.17) is 9.47 Å². The molecule has 1 aromatic carbocycles. The van der Waals surface area contributed by atoms with Crippen molar-refractivity contribution in [2.45, 2.75) is 90.4 Å². The quantitative estimate of drug-likeness (QED) is 0.563. The van der Waals surface area contributed by atoms with Gasteiger partial charge >= 0.3 is 0 Å². The summed E-state index contributed by atoms with van der Waals surface area (Å²) in [4.78, 5) is 32.9. The number of hydrogen-bond donors (Lipinski definition) is 1. The van der Waals surface area contributed by atoms with Crippen LogP contribution < -0.4 is 9.64 Å². The minimum absolute atomic E-state index is 0.0483. The first-order chi connectivity index (χ1) is 18.6. The summed E-state index contributed by atoms with van der Waals surface area (Å²) in [5, 5.41) is 10.1. The summed E-state index contributed by atoms with van der Waals surface area (Å²) in [6.45, 7) is 7.32. The van der Waals surface area contributed by atoms with Gasteiger partial charge in [-0.05, 0) is 64.2 Å². The highest BCUT2D eigenvalue weighted by atomic mass is 16.5. The second kappa shape index (κ2) is 14.9. The van der Waals surface area contributed by atoms with E-state index < -0.39 is 0 Å². The zero-order valence-corrected chi connectivity index (χ0v) is 25.0. The van der Waals surface area contributed by atoms with E-state index in [2.05, 4.69) is 6.92 Å². The molecule has 1 fully saturated rings. The van der Waals surface area contributed by atoms with E-state index in [0.29, 0.717) is 31.0 Å². The third-order valence-corrected chi connectivity index (χ3v) is 8.34. The molecule has 3 rings (SSSR count). The largest absolute Gasteiger partial charge is 0.490 e. The molecule has 1 aliphatic heterocycles. The average Bonchev–Trinajstić information content (AvgIpc) is 2.93. The molecule has 8 nitrogen and oxygen atoms in total. The van der Waals surface area contributed by atoms with Crippen molar-refractivity contribution >= 4 is 17.5 Å². The third-order valence-electron chi connectivity index (χ3n) is 8.34. The molecule has 0 unspecified atom stereocenters. The van der Waals surface area contributed by atoms with Gasteiger partial charge in [-0.3, -0.25) is 9.59 Å². The van der Waals surface area contributed by atoms with Crippen molar-refractivity contribution in [2.24, 2.45) is 11.8 Å². The van der Waals surface area contributed by atoms with Crippen LogP contribution in [0.2, 0.25) is 0 Å². The number of benzene rings is 1. The van der Waals surface area contributed by atoms with E-state index in [0.717, 1.165) is 50.6 Å². The molecule has 4 atom stereocenters. The lowest BCUT2D eigenvalue weighted by molar-refractivity contribution is -0.137. The number of nitrogens with zero attached hydrogens (tertiary/aromatic N) is 3. The molecule has 0 saturated heterocycles. The minimum atomic E-state index is -0.386. The molecule has 8 heteroatoms. The topological polar surface area (TPSA) is 82.6 Å². The van der Waals surface area contributed by atoms with Crippen LogP contribution in [0.3, 0.4) is 0 Å². The van der Waals surface area contributed by atoms with Crippen molar-refractivity contribution in [2.75, 3.05) is 52.3 Å². The van der Waals surface area contributed by atoms with Crippen molar-refractivity contribution in [3.63, 3.8) is 0 Å². The second-order valence-electron chi connectivity index (χ2n) is 11.9. The Bertz CT molecular complexity index is 933. The lowest BCUT2D eigenvalue weighted by atomic mass is 9.88. The Morgan fingerprint density at radius 1 is 1.08 bits per heavy atom. The van der Waals surface area contributed by atoms with Crippen molar-refractivity contribution in [1.82, 2.24) is 9.80 Å². The van der Waals surface area contributed by atoms with Crippen LogP contribution in [0.25, 0.3) is 0 Å². The van der Waals surface area contributed by atoms with Gasteiger partial charge in [-0.25, -0.2) is 0 Å². The summed E-state index contributed by atoms with van der Waals surface area (Å²) in [5.74, 6) is 0.666. The molecule has 1 saturated carbocycles. The number of carbonyl (C=O) groups excluding carboxylic acids is 2.